The van der Waals surface area contributed by atoms with Crippen LogP contribution in [0.4, 0.5) is 11.6 Å². The smallest absolute Gasteiger partial charge is 0.237 e. The highest BCUT2D eigenvalue weighted by molar-refractivity contribution is 8.00. The van der Waals surface area contributed by atoms with E-state index >= 15 is 0 Å². The lowest BCUT2D eigenvalue weighted by Gasteiger charge is -2.28. The fraction of sp³-hybridized carbons (Fsp3) is 0.545. The molecule has 0 spiro atoms. The number of nitriles is 1. The van der Waals surface area contributed by atoms with E-state index in [9.17, 15) is 10.1 Å². The number of ether oxygens (including phenoxy) is 1. The number of hydrogen-bond acceptors (Lipinski definition) is 7. The number of benzene rings is 1. The van der Waals surface area contributed by atoms with E-state index in [2.05, 4.69) is 31.1 Å². The standard InChI is InChI=1S/C22H28N6O2S/c1-16(20(29)24-19-10-4-3-8-17(19)14-23)31-22-26-25-21(27-11-5-2-6-12-27)28(22)15-18-9-7-13-30-18/h3-4,8,10,16,18H,2,5-7,9,11-13,15H2,1H3,(H,24,29). The number of aromatic nitrogens is 3. The second kappa shape index (κ2) is 10.2. The van der Waals surface area contributed by atoms with Crippen molar-refractivity contribution < 1.29 is 9.53 Å². The third-order valence-electron chi connectivity index (χ3n) is 5.70. The van der Waals surface area contributed by atoms with Crippen LogP contribution in [0.2, 0.25) is 0 Å². The Morgan fingerprint density at radius 3 is 2.84 bits per heavy atom. The SMILES string of the molecule is CC(Sc1nnc(N2CCCCC2)n1CC1CCCO1)C(=O)Nc1ccccc1C#N. The first-order valence-electron chi connectivity index (χ1n) is 10.9. The summed E-state index contributed by atoms with van der Waals surface area (Å²) in [7, 11) is 0. The van der Waals surface area contributed by atoms with Crippen molar-refractivity contribution >= 4 is 29.3 Å². The molecule has 0 bridgehead atoms. The van der Waals surface area contributed by atoms with E-state index < -0.39 is 5.25 Å². The zero-order chi connectivity index (χ0) is 21.6. The van der Waals surface area contributed by atoms with Gasteiger partial charge in [-0.05, 0) is 51.2 Å². The molecule has 3 heterocycles. The summed E-state index contributed by atoms with van der Waals surface area (Å²) in [5.74, 6) is 0.707. The van der Waals surface area contributed by atoms with Gasteiger partial charge in [-0.2, -0.15) is 5.26 Å². The van der Waals surface area contributed by atoms with Crippen molar-refractivity contribution in [3.8, 4) is 6.07 Å². The fourth-order valence-corrected chi connectivity index (χ4v) is 4.84. The van der Waals surface area contributed by atoms with Crippen molar-refractivity contribution in [3.05, 3.63) is 29.8 Å². The van der Waals surface area contributed by atoms with Gasteiger partial charge in [0.15, 0.2) is 5.16 Å². The number of piperidine rings is 1. The summed E-state index contributed by atoms with van der Waals surface area (Å²) in [5.41, 5.74) is 0.972. The number of para-hydroxylation sites is 1. The maximum atomic E-state index is 12.8. The van der Waals surface area contributed by atoms with E-state index in [1.54, 1.807) is 24.3 Å². The van der Waals surface area contributed by atoms with Crippen LogP contribution in [-0.4, -0.2) is 51.7 Å². The van der Waals surface area contributed by atoms with E-state index in [0.717, 1.165) is 56.5 Å². The average molecular weight is 441 g/mol. The van der Waals surface area contributed by atoms with Crippen LogP contribution in [-0.2, 0) is 16.1 Å². The molecule has 4 rings (SSSR count). The molecule has 2 fully saturated rings. The van der Waals surface area contributed by atoms with Crippen LogP contribution in [0.25, 0.3) is 0 Å². The molecular formula is C22H28N6O2S. The first-order valence-corrected chi connectivity index (χ1v) is 11.8. The Morgan fingerprint density at radius 2 is 2.10 bits per heavy atom. The second-order valence-corrected chi connectivity index (χ2v) is 9.29. The Morgan fingerprint density at radius 1 is 1.29 bits per heavy atom. The molecule has 0 radical (unpaired) electrons. The predicted molar refractivity (Wildman–Crippen MR) is 120 cm³/mol. The largest absolute Gasteiger partial charge is 0.376 e. The summed E-state index contributed by atoms with van der Waals surface area (Å²) in [6.07, 6.45) is 5.83. The minimum atomic E-state index is -0.395. The highest BCUT2D eigenvalue weighted by Crippen LogP contribution is 2.29. The highest BCUT2D eigenvalue weighted by Gasteiger charge is 2.27. The molecule has 2 saturated heterocycles. The van der Waals surface area contributed by atoms with Gasteiger partial charge in [0.05, 0.1) is 29.1 Å². The lowest BCUT2D eigenvalue weighted by atomic mass is 10.1. The van der Waals surface area contributed by atoms with Crippen LogP contribution < -0.4 is 10.2 Å². The zero-order valence-electron chi connectivity index (χ0n) is 17.8. The van der Waals surface area contributed by atoms with Gasteiger partial charge in [-0.15, -0.1) is 10.2 Å². The third-order valence-corrected chi connectivity index (χ3v) is 6.78. The number of carbonyl (C=O) groups excluding carboxylic acids is 1. The molecule has 2 unspecified atom stereocenters. The number of nitrogens with one attached hydrogen (secondary N) is 1. The summed E-state index contributed by atoms with van der Waals surface area (Å²) in [6, 6.07) is 9.12. The normalized spacial score (nSPS) is 19.7. The summed E-state index contributed by atoms with van der Waals surface area (Å²) >= 11 is 1.39. The van der Waals surface area contributed by atoms with Crippen LogP contribution in [0.3, 0.4) is 0 Å². The van der Waals surface area contributed by atoms with Gasteiger partial charge >= 0.3 is 0 Å². The molecule has 31 heavy (non-hydrogen) atoms. The minimum absolute atomic E-state index is 0.158. The molecular weight excluding hydrogens is 412 g/mol. The number of hydrogen-bond donors (Lipinski definition) is 1. The summed E-state index contributed by atoms with van der Waals surface area (Å²) in [4.78, 5) is 15.1. The van der Waals surface area contributed by atoms with Crippen LogP contribution in [0.15, 0.2) is 29.4 Å². The molecule has 1 amide bonds. The van der Waals surface area contributed by atoms with E-state index in [1.165, 1.54) is 18.2 Å². The van der Waals surface area contributed by atoms with E-state index in [1.807, 2.05) is 6.92 Å². The van der Waals surface area contributed by atoms with E-state index in [-0.39, 0.29) is 12.0 Å². The summed E-state index contributed by atoms with van der Waals surface area (Å²) in [6.45, 7) is 5.31. The molecule has 2 aromatic rings. The van der Waals surface area contributed by atoms with Gasteiger partial charge in [-0.3, -0.25) is 9.36 Å². The molecule has 1 N–H and O–H groups in total. The van der Waals surface area contributed by atoms with Crippen molar-refractivity contribution in [2.24, 2.45) is 0 Å². The maximum Gasteiger partial charge on any atom is 0.237 e. The fourth-order valence-electron chi connectivity index (χ4n) is 3.98. The number of amides is 1. The van der Waals surface area contributed by atoms with Gasteiger partial charge in [-0.25, -0.2) is 0 Å². The van der Waals surface area contributed by atoms with Gasteiger partial charge in [0.1, 0.15) is 6.07 Å². The van der Waals surface area contributed by atoms with Crippen molar-refractivity contribution in [1.29, 1.82) is 5.26 Å². The topological polar surface area (TPSA) is 96.1 Å². The average Bonchev–Trinajstić information content (AvgIpc) is 3.45. The Kier molecular flexibility index (Phi) is 7.10. The zero-order valence-corrected chi connectivity index (χ0v) is 18.6. The summed E-state index contributed by atoms with van der Waals surface area (Å²) < 4.78 is 7.99. The quantitative estimate of drug-likeness (QED) is 0.659. The molecule has 2 aliphatic heterocycles. The summed E-state index contributed by atoms with van der Waals surface area (Å²) in [5, 5.41) is 21.4. The van der Waals surface area contributed by atoms with Crippen LogP contribution in [0.5, 0.6) is 0 Å². The molecule has 9 heteroatoms. The second-order valence-electron chi connectivity index (χ2n) is 7.98. The molecule has 1 aromatic carbocycles. The number of anilines is 2. The molecule has 164 valence electrons. The van der Waals surface area contributed by atoms with E-state index in [4.69, 9.17) is 4.74 Å². The van der Waals surface area contributed by atoms with Crippen molar-refractivity contribution in [2.75, 3.05) is 29.9 Å². The third kappa shape index (κ3) is 5.20. The molecule has 0 aliphatic carbocycles. The number of thioether (sulfide) groups is 1. The van der Waals surface area contributed by atoms with Gasteiger partial charge in [0.25, 0.3) is 0 Å². The number of nitrogens with zero attached hydrogens (tertiary/aromatic N) is 5. The lowest BCUT2D eigenvalue weighted by Crippen LogP contribution is -2.33. The highest BCUT2D eigenvalue weighted by atomic mass is 32.2. The first-order chi connectivity index (χ1) is 15.2. The van der Waals surface area contributed by atoms with Crippen molar-refractivity contribution in [3.63, 3.8) is 0 Å². The van der Waals surface area contributed by atoms with Gasteiger partial charge in [0.2, 0.25) is 11.9 Å². The van der Waals surface area contributed by atoms with Crippen LogP contribution >= 0.6 is 11.8 Å². The Hall–Kier alpha value is -2.57. The predicted octanol–water partition coefficient (Wildman–Crippen LogP) is 3.44. The Bertz CT molecular complexity index is 944. The monoisotopic (exact) mass is 440 g/mol. The number of rotatable bonds is 7. The lowest BCUT2D eigenvalue weighted by molar-refractivity contribution is -0.115. The maximum absolute atomic E-state index is 12.8. The molecule has 0 saturated carbocycles. The Labute approximate surface area is 187 Å². The first kappa shape index (κ1) is 21.7. The van der Waals surface area contributed by atoms with Crippen molar-refractivity contribution in [1.82, 2.24) is 14.8 Å². The van der Waals surface area contributed by atoms with E-state index in [0.29, 0.717) is 17.8 Å². The molecule has 8 nitrogen and oxygen atoms in total. The molecule has 2 aliphatic rings. The Balaban J connectivity index is 1.50. The molecule has 2 atom stereocenters. The number of carbonyl (C=O) groups is 1. The van der Waals surface area contributed by atoms with Gasteiger partial charge < -0.3 is 15.0 Å². The molecule has 1 aromatic heterocycles. The van der Waals surface area contributed by atoms with Gasteiger partial charge in [-0.1, -0.05) is 23.9 Å². The van der Waals surface area contributed by atoms with Crippen LogP contribution in [0.1, 0.15) is 44.6 Å². The van der Waals surface area contributed by atoms with Gasteiger partial charge in [0, 0.05) is 19.7 Å². The van der Waals surface area contributed by atoms with Crippen molar-refractivity contribution in [2.45, 2.75) is 62.1 Å². The van der Waals surface area contributed by atoms with Crippen LogP contribution in [0, 0.1) is 11.3 Å². The minimum Gasteiger partial charge on any atom is -0.376 e.